The van der Waals surface area contributed by atoms with Gasteiger partial charge in [-0.2, -0.15) is 0 Å². The van der Waals surface area contributed by atoms with Gasteiger partial charge < -0.3 is 10.2 Å². The number of phenols is 1. The van der Waals surface area contributed by atoms with Crippen LogP contribution in [0, 0.1) is 0 Å². The van der Waals surface area contributed by atoms with E-state index >= 15 is 0 Å². The zero-order chi connectivity index (χ0) is 14.8. The molecule has 0 saturated heterocycles. The molecular weight excluding hydrogens is 252 g/mol. The van der Waals surface area contributed by atoms with Gasteiger partial charge in [0.1, 0.15) is 5.75 Å². The number of aromatic hydroxyl groups is 1. The molecular formula is C17H26O3. The Morgan fingerprint density at radius 3 is 2.20 bits per heavy atom. The molecule has 0 heterocycles. The molecule has 0 bridgehead atoms. The highest BCUT2D eigenvalue weighted by Gasteiger charge is 2.07. The SMILES string of the molecule is CCCCCCCCCCc1cc(C(=O)O)ccc1O. The van der Waals surface area contributed by atoms with Crippen molar-refractivity contribution in [2.75, 3.05) is 0 Å². The van der Waals surface area contributed by atoms with Crippen molar-refractivity contribution in [1.82, 2.24) is 0 Å². The van der Waals surface area contributed by atoms with E-state index in [2.05, 4.69) is 6.92 Å². The average Bonchev–Trinajstić information content (AvgIpc) is 2.43. The van der Waals surface area contributed by atoms with Crippen LogP contribution in [0.25, 0.3) is 0 Å². The van der Waals surface area contributed by atoms with Crippen molar-refractivity contribution in [1.29, 1.82) is 0 Å². The third kappa shape index (κ3) is 6.09. The molecule has 0 amide bonds. The molecule has 1 aromatic carbocycles. The number of hydrogen-bond acceptors (Lipinski definition) is 2. The van der Waals surface area contributed by atoms with Crippen LogP contribution < -0.4 is 0 Å². The summed E-state index contributed by atoms with van der Waals surface area (Å²) >= 11 is 0. The zero-order valence-corrected chi connectivity index (χ0v) is 12.4. The Morgan fingerprint density at radius 1 is 1.00 bits per heavy atom. The number of hydrogen-bond donors (Lipinski definition) is 2. The van der Waals surface area contributed by atoms with Crippen LogP contribution in [0.4, 0.5) is 0 Å². The van der Waals surface area contributed by atoms with Crippen molar-refractivity contribution in [3.63, 3.8) is 0 Å². The van der Waals surface area contributed by atoms with Gasteiger partial charge in [-0.3, -0.25) is 0 Å². The summed E-state index contributed by atoms with van der Waals surface area (Å²) in [6.07, 6.45) is 10.7. The quantitative estimate of drug-likeness (QED) is 0.606. The summed E-state index contributed by atoms with van der Waals surface area (Å²) in [6.45, 7) is 2.22. The maximum atomic E-state index is 10.9. The van der Waals surface area contributed by atoms with Gasteiger partial charge in [-0.05, 0) is 36.6 Å². The van der Waals surface area contributed by atoms with E-state index in [1.54, 1.807) is 6.07 Å². The van der Waals surface area contributed by atoms with Crippen molar-refractivity contribution < 1.29 is 15.0 Å². The van der Waals surface area contributed by atoms with Gasteiger partial charge in [0.15, 0.2) is 0 Å². The first-order valence-corrected chi connectivity index (χ1v) is 7.70. The first kappa shape index (κ1) is 16.5. The fourth-order valence-electron chi connectivity index (χ4n) is 2.37. The molecule has 1 aromatic rings. The van der Waals surface area contributed by atoms with Crippen molar-refractivity contribution in [3.8, 4) is 5.75 Å². The molecule has 0 atom stereocenters. The van der Waals surface area contributed by atoms with Gasteiger partial charge in [-0.1, -0.05) is 51.9 Å². The lowest BCUT2D eigenvalue weighted by Crippen LogP contribution is -1.98. The van der Waals surface area contributed by atoms with E-state index in [0.29, 0.717) is 0 Å². The Hall–Kier alpha value is -1.51. The number of aromatic carboxylic acids is 1. The number of benzene rings is 1. The predicted octanol–water partition coefficient (Wildman–Crippen LogP) is 4.77. The standard InChI is InChI=1S/C17H26O3/c1-2-3-4-5-6-7-8-9-10-14-13-15(17(19)20)11-12-16(14)18/h11-13,18H,2-10H2,1H3,(H,19,20). The van der Waals surface area contributed by atoms with Crippen molar-refractivity contribution in [2.24, 2.45) is 0 Å². The molecule has 0 saturated carbocycles. The van der Waals surface area contributed by atoms with Crippen LogP contribution in [0.1, 0.15) is 74.2 Å². The van der Waals surface area contributed by atoms with Crippen LogP contribution in [-0.4, -0.2) is 16.2 Å². The van der Waals surface area contributed by atoms with E-state index in [1.807, 2.05) is 0 Å². The monoisotopic (exact) mass is 278 g/mol. The Bertz CT molecular complexity index is 413. The number of unbranched alkanes of at least 4 members (excludes halogenated alkanes) is 7. The lowest BCUT2D eigenvalue weighted by atomic mass is 10.0. The maximum absolute atomic E-state index is 10.9. The predicted molar refractivity (Wildman–Crippen MR) is 81.4 cm³/mol. The summed E-state index contributed by atoms with van der Waals surface area (Å²) in [5.41, 5.74) is 0.994. The highest BCUT2D eigenvalue weighted by molar-refractivity contribution is 5.88. The van der Waals surface area contributed by atoms with Gasteiger partial charge in [0.2, 0.25) is 0 Å². The highest BCUT2D eigenvalue weighted by Crippen LogP contribution is 2.21. The van der Waals surface area contributed by atoms with Gasteiger partial charge in [-0.15, -0.1) is 0 Å². The van der Waals surface area contributed by atoms with Gasteiger partial charge in [0.25, 0.3) is 0 Å². The lowest BCUT2D eigenvalue weighted by molar-refractivity contribution is 0.0696. The summed E-state index contributed by atoms with van der Waals surface area (Å²) in [7, 11) is 0. The second-order valence-electron chi connectivity index (χ2n) is 5.37. The Labute approximate surface area is 121 Å². The number of carboxylic acids is 1. The second-order valence-corrected chi connectivity index (χ2v) is 5.37. The molecule has 0 unspecified atom stereocenters. The van der Waals surface area contributed by atoms with Crippen LogP contribution in [0.3, 0.4) is 0 Å². The van der Waals surface area contributed by atoms with E-state index in [9.17, 15) is 9.90 Å². The molecule has 3 nitrogen and oxygen atoms in total. The number of rotatable bonds is 10. The Morgan fingerprint density at radius 2 is 1.60 bits per heavy atom. The Kier molecular flexibility index (Phi) is 7.78. The largest absolute Gasteiger partial charge is 0.508 e. The van der Waals surface area contributed by atoms with Crippen molar-refractivity contribution >= 4 is 5.97 Å². The van der Waals surface area contributed by atoms with Crippen LogP contribution in [0.15, 0.2) is 18.2 Å². The van der Waals surface area contributed by atoms with E-state index in [0.717, 1.165) is 24.8 Å². The van der Waals surface area contributed by atoms with Crippen molar-refractivity contribution in [3.05, 3.63) is 29.3 Å². The minimum absolute atomic E-state index is 0.206. The smallest absolute Gasteiger partial charge is 0.335 e. The molecule has 112 valence electrons. The number of carboxylic acid groups (broad SMARTS) is 1. The van der Waals surface area contributed by atoms with E-state index in [1.165, 1.54) is 50.7 Å². The molecule has 0 fully saturated rings. The number of phenolic OH excluding ortho intramolecular Hbond substituents is 1. The number of carbonyl (C=O) groups is 1. The molecule has 0 aliphatic heterocycles. The summed E-state index contributed by atoms with van der Waals surface area (Å²) in [6, 6.07) is 4.50. The molecule has 0 radical (unpaired) electrons. The van der Waals surface area contributed by atoms with Crippen LogP contribution >= 0.6 is 0 Å². The van der Waals surface area contributed by atoms with E-state index in [4.69, 9.17) is 5.11 Å². The number of aryl methyl sites for hydroxylation is 1. The first-order chi connectivity index (χ1) is 9.65. The van der Waals surface area contributed by atoms with E-state index in [-0.39, 0.29) is 11.3 Å². The average molecular weight is 278 g/mol. The minimum atomic E-state index is -0.942. The zero-order valence-electron chi connectivity index (χ0n) is 12.4. The van der Waals surface area contributed by atoms with Crippen LogP contribution in [-0.2, 0) is 6.42 Å². The molecule has 0 aromatic heterocycles. The van der Waals surface area contributed by atoms with Gasteiger partial charge in [-0.25, -0.2) is 4.79 Å². The summed E-state index contributed by atoms with van der Waals surface area (Å²) in [5, 5.41) is 18.7. The van der Waals surface area contributed by atoms with Crippen LogP contribution in [0.2, 0.25) is 0 Å². The molecule has 20 heavy (non-hydrogen) atoms. The lowest BCUT2D eigenvalue weighted by Gasteiger charge is -2.06. The highest BCUT2D eigenvalue weighted by atomic mass is 16.4. The third-order valence-electron chi connectivity index (χ3n) is 3.63. The second kappa shape index (κ2) is 9.40. The maximum Gasteiger partial charge on any atom is 0.335 e. The van der Waals surface area contributed by atoms with Crippen LogP contribution in [0.5, 0.6) is 5.75 Å². The summed E-state index contributed by atoms with van der Waals surface area (Å²) in [5.74, 6) is -0.736. The molecule has 1 rings (SSSR count). The van der Waals surface area contributed by atoms with Crippen molar-refractivity contribution in [2.45, 2.75) is 64.7 Å². The molecule has 0 aliphatic rings. The van der Waals surface area contributed by atoms with Gasteiger partial charge in [0.05, 0.1) is 5.56 Å². The van der Waals surface area contributed by atoms with Gasteiger partial charge >= 0.3 is 5.97 Å². The van der Waals surface area contributed by atoms with E-state index < -0.39 is 5.97 Å². The molecule has 2 N–H and O–H groups in total. The fourth-order valence-corrected chi connectivity index (χ4v) is 2.37. The Balaban J connectivity index is 2.24. The topological polar surface area (TPSA) is 57.5 Å². The third-order valence-corrected chi connectivity index (χ3v) is 3.63. The molecule has 0 spiro atoms. The van der Waals surface area contributed by atoms with Gasteiger partial charge in [0, 0.05) is 0 Å². The first-order valence-electron chi connectivity index (χ1n) is 7.70. The summed E-state index contributed by atoms with van der Waals surface area (Å²) in [4.78, 5) is 10.9. The molecule has 3 heteroatoms. The minimum Gasteiger partial charge on any atom is -0.508 e. The summed E-state index contributed by atoms with van der Waals surface area (Å²) < 4.78 is 0. The molecule has 0 aliphatic carbocycles. The normalized spacial score (nSPS) is 10.7. The fraction of sp³-hybridized carbons (Fsp3) is 0.588.